The van der Waals surface area contributed by atoms with Crippen LogP contribution in [0, 0.1) is 10.7 Å². The van der Waals surface area contributed by atoms with E-state index in [1.807, 2.05) is 67.8 Å². The zero-order valence-electron chi connectivity index (χ0n) is 11.4. The molecule has 0 radical (unpaired) electrons. The molecule has 0 unspecified atom stereocenters. The Labute approximate surface area is 172 Å². The first-order chi connectivity index (χ1) is 10.3. The Balaban J connectivity index is 3.62. The summed E-state index contributed by atoms with van der Waals surface area (Å²) in [7, 11) is 2.88. The SMILES string of the molecule is CNC(=O)c1c(I)c(NC(=O)COC)c(I)c(C(=O)Cl)c1I. The van der Waals surface area contributed by atoms with Crippen LogP contribution < -0.4 is 10.6 Å². The number of anilines is 1. The summed E-state index contributed by atoms with van der Waals surface area (Å²) in [6, 6.07) is 0. The van der Waals surface area contributed by atoms with E-state index in [1.54, 1.807) is 0 Å². The van der Waals surface area contributed by atoms with Crippen molar-refractivity contribution in [1.82, 2.24) is 5.32 Å². The van der Waals surface area contributed by atoms with Crippen LogP contribution in [-0.4, -0.2) is 37.8 Å². The van der Waals surface area contributed by atoms with E-state index < -0.39 is 11.1 Å². The highest BCUT2D eigenvalue weighted by molar-refractivity contribution is 14.1. The predicted octanol–water partition coefficient (Wildman–Crippen LogP) is 2.82. The molecule has 1 aromatic rings. The molecule has 120 valence electrons. The van der Waals surface area contributed by atoms with E-state index in [-0.39, 0.29) is 18.1 Å². The maximum atomic E-state index is 12.1. The predicted molar refractivity (Wildman–Crippen MR) is 109 cm³/mol. The molecule has 0 atom stereocenters. The highest BCUT2D eigenvalue weighted by Gasteiger charge is 2.27. The van der Waals surface area contributed by atoms with Crippen LogP contribution in [0.25, 0.3) is 0 Å². The van der Waals surface area contributed by atoms with Crippen molar-refractivity contribution in [1.29, 1.82) is 0 Å². The summed E-state index contributed by atoms with van der Waals surface area (Å²) >= 11 is 11.4. The molecule has 2 amide bonds. The Morgan fingerprint density at radius 3 is 2.09 bits per heavy atom. The topological polar surface area (TPSA) is 84.5 Å². The number of halogens is 4. The fraction of sp³-hybridized carbons (Fsp3) is 0.250. The van der Waals surface area contributed by atoms with E-state index in [0.29, 0.717) is 22.0 Å². The van der Waals surface area contributed by atoms with E-state index >= 15 is 0 Å². The third kappa shape index (κ3) is 4.42. The Hall–Kier alpha value is 0.270. The molecule has 1 rings (SSSR count). The highest BCUT2D eigenvalue weighted by Crippen LogP contribution is 2.36. The normalized spacial score (nSPS) is 10.3. The van der Waals surface area contributed by atoms with Gasteiger partial charge in [-0.25, -0.2) is 0 Å². The second-order valence-corrected chi connectivity index (χ2v) is 7.48. The maximum Gasteiger partial charge on any atom is 0.254 e. The molecule has 0 bridgehead atoms. The van der Waals surface area contributed by atoms with Gasteiger partial charge in [0.25, 0.3) is 11.1 Å². The van der Waals surface area contributed by atoms with Crippen LogP contribution in [0.5, 0.6) is 0 Å². The van der Waals surface area contributed by atoms with Crippen LogP contribution in [-0.2, 0) is 9.53 Å². The minimum absolute atomic E-state index is 0.141. The summed E-state index contributed by atoms with van der Waals surface area (Å²) in [5, 5.41) is 4.46. The van der Waals surface area contributed by atoms with Gasteiger partial charge < -0.3 is 15.4 Å². The lowest BCUT2D eigenvalue weighted by molar-refractivity contribution is -0.119. The lowest BCUT2D eigenvalue weighted by Crippen LogP contribution is -2.25. The van der Waals surface area contributed by atoms with Gasteiger partial charge in [0.2, 0.25) is 5.91 Å². The molecule has 1 aromatic carbocycles. The summed E-state index contributed by atoms with van der Waals surface area (Å²) < 4.78 is 6.21. The molecular weight excluding hydrogens is 652 g/mol. The van der Waals surface area contributed by atoms with Gasteiger partial charge in [-0.2, -0.15) is 0 Å². The number of hydrogen-bond donors (Lipinski definition) is 2. The standard InChI is InChI=1S/C12H10ClI3N2O4/c1-17-12(21)6-7(14)5(11(13)20)8(15)10(9(6)16)18-4(19)3-22-2/h3H2,1-2H3,(H,17,21)(H,18,19). The van der Waals surface area contributed by atoms with Gasteiger partial charge in [-0.1, -0.05) is 0 Å². The van der Waals surface area contributed by atoms with Gasteiger partial charge in [-0.05, 0) is 79.4 Å². The maximum absolute atomic E-state index is 12.1. The minimum atomic E-state index is -0.697. The molecule has 10 heteroatoms. The lowest BCUT2D eigenvalue weighted by Gasteiger charge is -2.17. The molecule has 0 spiro atoms. The number of nitrogens with one attached hydrogen (secondary N) is 2. The first kappa shape index (κ1) is 20.3. The van der Waals surface area contributed by atoms with Gasteiger partial charge in [-0.3, -0.25) is 14.4 Å². The van der Waals surface area contributed by atoms with Crippen molar-refractivity contribution < 1.29 is 19.1 Å². The molecule has 2 N–H and O–H groups in total. The summed E-state index contributed by atoms with van der Waals surface area (Å²) in [5.41, 5.74) is 0.849. The molecule has 0 aliphatic rings. The first-order valence-electron chi connectivity index (χ1n) is 5.67. The summed E-state index contributed by atoms with van der Waals surface area (Å²) in [6.07, 6.45) is 0. The summed E-state index contributed by atoms with van der Waals surface area (Å²) in [6.45, 7) is -0.141. The average molecular weight is 662 g/mol. The second-order valence-electron chi connectivity index (χ2n) is 3.90. The first-order valence-corrected chi connectivity index (χ1v) is 9.28. The fourth-order valence-electron chi connectivity index (χ4n) is 1.58. The van der Waals surface area contributed by atoms with Crippen LogP contribution in [0.4, 0.5) is 5.69 Å². The fourth-order valence-corrected chi connectivity index (χ4v) is 6.50. The van der Waals surface area contributed by atoms with Crippen LogP contribution in [0.1, 0.15) is 20.7 Å². The monoisotopic (exact) mass is 662 g/mol. The van der Waals surface area contributed by atoms with Crippen molar-refractivity contribution in [3.63, 3.8) is 0 Å². The average Bonchev–Trinajstić information content (AvgIpc) is 2.43. The number of rotatable bonds is 5. The van der Waals surface area contributed by atoms with E-state index in [1.165, 1.54) is 14.2 Å². The highest BCUT2D eigenvalue weighted by atomic mass is 127. The van der Waals surface area contributed by atoms with E-state index in [4.69, 9.17) is 16.3 Å². The second kappa shape index (κ2) is 8.94. The van der Waals surface area contributed by atoms with Crippen molar-refractivity contribution in [3.05, 3.63) is 21.8 Å². The number of methoxy groups -OCH3 is 1. The Morgan fingerprint density at radius 2 is 1.64 bits per heavy atom. The van der Waals surface area contributed by atoms with Crippen molar-refractivity contribution in [2.45, 2.75) is 0 Å². The smallest absolute Gasteiger partial charge is 0.254 e. The van der Waals surface area contributed by atoms with Crippen LogP contribution in [0.15, 0.2) is 0 Å². The third-order valence-corrected chi connectivity index (χ3v) is 5.93. The lowest BCUT2D eigenvalue weighted by atomic mass is 10.1. The van der Waals surface area contributed by atoms with Crippen molar-refractivity contribution in [3.8, 4) is 0 Å². The van der Waals surface area contributed by atoms with Gasteiger partial charge in [0, 0.05) is 17.7 Å². The van der Waals surface area contributed by atoms with Crippen LogP contribution in [0.3, 0.4) is 0 Å². The van der Waals surface area contributed by atoms with Gasteiger partial charge in [0.1, 0.15) is 6.61 Å². The Morgan fingerprint density at radius 1 is 1.09 bits per heavy atom. The molecule has 0 aliphatic carbocycles. The number of benzene rings is 1. The van der Waals surface area contributed by atoms with Crippen LogP contribution in [0.2, 0.25) is 0 Å². The largest absolute Gasteiger partial charge is 0.375 e. The van der Waals surface area contributed by atoms with E-state index in [9.17, 15) is 14.4 Å². The number of hydrogen-bond acceptors (Lipinski definition) is 4. The molecule has 0 saturated carbocycles. The quantitative estimate of drug-likeness (QED) is 0.376. The third-order valence-electron chi connectivity index (χ3n) is 2.51. The molecule has 0 fully saturated rings. The van der Waals surface area contributed by atoms with Crippen LogP contribution >= 0.6 is 79.4 Å². The zero-order valence-corrected chi connectivity index (χ0v) is 18.6. The van der Waals surface area contributed by atoms with Gasteiger partial charge in [0.05, 0.1) is 24.0 Å². The van der Waals surface area contributed by atoms with E-state index in [0.717, 1.165) is 0 Å². The molecule has 0 saturated heterocycles. The molecular formula is C12H10ClI3N2O4. The Bertz CT molecular complexity index is 652. The van der Waals surface area contributed by atoms with Gasteiger partial charge in [0.15, 0.2) is 0 Å². The number of carbonyl (C=O) groups is 3. The molecule has 0 aromatic heterocycles. The molecule has 0 heterocycles. The Kier molecular flexibility index (Phi) is 8.25. The van der Waals surface area contributed by atoms with Gasteiger partial charge >= 0.3 is 0 Å². The number of amides is 2. The zero-order chi connectivity index (χ0) is 17.0. The van der Waals surface area contributed by atoms with Crippen molar-refractivity contribution in [2.24, 2.45) is 0 Å². The summed E-state index contributed by atoms with van der Waals surface area (Å²) in [5.74, 6) is -0.762. The molecule has 6 nitrogen and oxygen atoms in total. The van der Waals surface area contributed by atoms with Crippen molar-refractivity contribution >= 4 is 102 Å². The molecule has 22 heavy (non-hydrogen) atoms. The van der Waals surface area contributed by atoms with Gasteiger partial charge in [-0.15, -0.1) is 0 Å². The molecule has 0 aliphatic heterocycles. The minimum Gasteiger partial charge on any atom is -0.375 e. The number of ether oxygens (including phenoxy) is 1. The number of carbonyl (C=O) groups excluding carboxylic acids is 3. The van der Waals surface area contributed by atoms with E-state index in [2.05, 4.69) is 10.6 Å². The van der Waals surface area contributed by atoms with Crippen molar-refractivity contribution in [2.75, 3.05) is 26.1 Å². The summed E-state index contributed by atoms with van der Waals surface area (Å²) in [4.78, 5) is 35.6.